The number of benzene rings is 2. The summed E-state index contributed by atoms with van der Waals surface area (Å²) < 4.78 is 5.24. The van der Waals surface area contributed by atoms with Crippen molar-refractivity contribution in [2.45, 2.75) is 19.9 Å². The first-order valence-electron chi connectivity index (χ1n) is 7.92. The van der Waals surface area contributed by atoms with Crippen molar-refractivity contribution in [3.05, 3.63) is 71.4 Å². The summed E-state index contributed by atoms with van der Waals surface area (Å²) in [5, 5.41) is 15.1. The molecule has 0 fully saturated rings. The van der Waals surface area contributed by atoms with Crippen molar-refractivity contribution >= 4 is 11.6 Å². The maximum absolute atomic E-state index is 12.4. The predicted molar refractivity (Wildman–Crippen MR) is 98.0 cm³/mol. The number of nitrogens with zero attached hydrogens (tertiary/aromatic N) is 1. The molecule has 0 heterocycles. The van der Waals surface area contributed by atoms with Crippen LogP contribution in [0.5, 0.6) is 5.75 Å². The zero-order chi connectivity index (χ0) is 18.2. The highest BCUT2D eigenvalue weighted by Crippen LogP contribution is 2.25. The molecule has 1 unspecified atom stereocenters. The lowest BCUT2D eigenvalue weighted by molar-refractivity contribution is -0.112. The molecule has 0 aromatic heterocycles. The number of hydrogen-bond donors (Lipinski definition) is 2. The van der Waals surface area contributed by atoms with Gasteiger partial charge in [0.1, 0.15) is 17.4 Å². The zero-order valence-electron chi connectivity index (χ0n) is 14.5. The molecular weight excluding hydrogens is 314 g/mol. The Bertz CT molecular complexity index is 807. The van der Waals surface area contributed by atoms with E-state index < -0.39 is 5.91 Å². The van der Waals surface area contributed by atoms with Crippen molar-refractivity contribution in [3.63, 3.8) is 0 Å². The second kappa shape index (κ2) is 8.55. The fourth-order valence-electron chi connectivity index (χ4n) is 2.30. The van der Waals surface area contributed by atoms with E-state index in [-0.39, 0.29) is 11.6 Å². The minimum absolute atomic E-state index is 0.00802. The third-order valence-electron chi connectivity index (χ3n) is 3.75. The van der Waals surface area contributed by atoms with Crippen molar-refractivity contribution < 1.29 is 9.53 Å². The molecule has 1 amide bonds. The van der Waals surface area contributed by atoms with Gasteiger partial charge in [0.15, 0.2) is 0 Å². The van der Waals surface area contributed by atoms with Crippen LogP contribution in [0.25, 0.3) is 0 Å². The Hall–Kier alpha value is -3.26. The van der Waals surface area contributed by atoms with E-state index in [1.165, 1.54) is 13.3 Å². The number of nitriles is 1. The van der Waals surface area contributed by atoms with Gasteiger partial charge >= 0.3 is 0 Å². The lowest BCUT2D eigenvalue weighted by Gasteiger charge is -2.13. The number of methoxy groups -OCH3 is 1. The van der Waals surface area contributed by atoms with Crippen molar-refractivity contribution in [2.75, 3.05) is 12.4 Å². The standard InChI is InChI=1S/C20H21N3O2/c1-14-9-10-19(25-3)18(11-14)23-20(24)17(12-21)13-22-15(2)16-7-5-4-6-8-16/h4-11,13,15,22H,1-3H3,(H,23,24)/b17-13-. The summed E-state index contributed by atoms with van der Waals surface area (Å²) in [6.07, 6.45) is 1.44. The molecule has 0 aliphatic carbocycles. The number of nitrogens with one attached hydrogen (secondary N) is 2. The summed E-state index contributed by atoms with van der Waals surface area (Å²) in [6, 6.07) is 17.2. The fraction of sp³-hybridized carbons (Fsp3) is 0.200. The smallest absolute Gasteiger partial charge is 0.267 e. The second-order valence-corrected chi connectivity index (χ2v) is 5.63. The molecule has 0 aliphatic heterocycles. The molecule has 0 saturated heterocycles. The van der Waals surface area contributed by atoms with Crippen LogP contribution in [0, 0.1) is 18.3 Å². The molecule has 25 heavy (non-hydrogen) atoms. The topological polar surface area (TPSA) is 74.1 Å². The van der Waals surface area contributed by atoms with E-state index in [2.05, 4.69) is 10.6 Å². The summed E-state index contributed by atoms with van der Waals surface area (Å²) in [5.74, 6) is 0.0565. The lowest BCUT2D eigenvalue weighted by atomic mass is 10.1. The number of hydrogen-bond acceptors (Lipinski definition) is 4. The first-order valence-corrected chi connectivity index (χ1v) is 7.92. The minimum Gasteiger partial charge on any atom is -0.495 e. The number of carbonyl (C=O) groups excluding carboxylic acids is 1. The third kappa shape index (κ3) is 4.85. The van der Waals surface area contributed by atoms with Crippen LogP contribution < -0.4 is 15.4 Å². The lowest BCUT2D eigenvalue weighted by Crippen LogP contribution is -2.19. The normalized spacial score (nSPS) is 12.0. The molecule has 0 aliphatic rings. The average molecular weight is 335 g/mol. The van der Waals surface area contributed by atoms with Gasteiger partial charge in [0.05, 0.1) is 12.8 Å². The molecule has 128 valence electrons. The minimum atomic E-state index is -0.487. The van der Waals surface area contributed by atoms with Gasteiger partial charge < -0.3 is 15.4 Å². The first kappa shape index (κ1) is 18.1. The molecule has 0 spiro atoms. The molecule has 5 nitrogen and oxygen atoms in total. The quantitative estimate of drug-likeness (QED) is 0.623. The van der Waals surface area contributed by atoms with Crippen LogP contribution in [-0.4, -0.2) is 13.0 Å². The molecule has 1 atom stereocenters. The molecular formula is C20H21N3O2. The average Bonchev–Trinajstić information content (AvgIpc) is 2.63. The van der Waals surface area contributed by atoms with E-state index in [9.17, 15) is 10.1 Å². The number of carbonyl (C=O) groups is 1. The molecule has 2 rings (SSSR count). The Kier molecular flexibility index (Phi) is 6.19. The summed E-state index contributed by atoms with van der Waals surface area (Å²) in [6.45, 7) is 3.88. The van der Waals surface area contributed by atoms with Gasteiger partial charge in [-0.3, -0.25) is 4.79 Å². The molecule has 2 N–H and O–H groups in total. The Labute approximate surface area is 147 Å². The van der Waals surface area contributed by atoms with E-state index in [4.69, 9.17) is 4.74 Å². The van der Waals surface area contributed by atoms with E-state index in [0.29, 0.717) is 11.4 Å². The van der Waals surface area contributed by atoms with Gasteiger partial charge in [-0.05, 0) is 37.1 Å². The van der Waals surface area contributed by atoms with E-state index in [1.54, 1.807) is 12.1 Å². The van der Waals surface area contributed by atoms with Crippen molar-refractivity contribution in [3.8, 4) is 11.8 Å². The fourth-order valence-corrected chi connectivity index (χ4v) is 2.30. The van der Waals surface area contributed by atoms with Crippen LogP contribution in [0.3, 0.4) is 0 Å². The number of anilines is 1. The number of aryl methyl sites for hydroxylation is 1. The summed E-state index contributed by atoms with van der Waals surface area (Å²) >= 11 is 0. The number of rotatable bonds is 6. The molecule has 0 bridgehead atoms. The van der Waals surface area contributed by atoms with Gasteiger partial charge in [0.25, 0.3) is 5.91 Å². The van der Waals surface area contributed by atoms with Crippen molar-refractivity contribution in [2.24, 2.45) is 0 Å². The van der Waals surface area contributed by atoms with E-state index in [1.807, 2.05) is 56.3 Å². The van der Waals surface area contributed by atoms with Gasteiger partial charge in [-0.1, -0.05) is 36.4 Å². The first-order chi connectivity index (χ1) is 12.0. The van der Waals surface area contributed by atoms with Gasteiger partial charge in [-0.25, -0.2) is 0 Å². The summed E-state index contributed by atoms with van der Waals surface area (Å²) in [5.41, 5.74) is 2.57. The van der Waals surface area contributed by atoms with Crippen molar-refractivity contribution in [1.29, 1.82) is 5.26 Å². The highest BCUT2D eigenvalue weighted by molar-refractivity contribution is 6.07. The van der Waals surface area contributed by atoms with Gasteiger partial charge in [0, 0.05) is 12.2 Å². The molecule has 0 saturated carbocycles. The summed E-state index contributed by atoms with van der Waals surface area (Å²) in [4.78, 5) is 12.4. The number of amides is 1. The monoisotopic (exact) mass is 335 g/mol. The van der Waals surface area contributed by atoms with Gasteiger partial charge in [-0.2, -0.15) is 5.26 Å². The summed E-state index contributed by atoms with van der Waals surface area (Å²) in [7, 11) is 1.53. The van der Waals surface area contributed by atoms with E-state index in [0.717, 1.165) is 11.1 Å². The van der Waals surface area contributed by atoms with Crippen LogP contribution in [-0.2, 0) is 4.79 Å². The largest absolute Gasteiger partial charge is 0.495 e. The molecule has 0 radical (unpaired) electrons. The highest BCUT2D eigenvalue weighted by atomic mass is 16.5. The van der Waals surface area contributed by atoms with Crippen LogP contribution in [0.1, 0.15) is 24.1 Å². The van der Waals surface area contributed by atoms with Gasteiger partial charge in [0.2, 0.25) is 0 Å². The molecule has 2 aromatic carbocycles. The SMILES string of the molecule is COc1ccc(C)cc1NC(=O)/C(C#N)=C\NC(C)c1ccccc1. The maximum atomic E-state index is 12.4. The Morgan fingerprint density at radius 2 is 1.96 bits per heavy atom. The zero-order valence-corrected chi connectivity index (χ0v) is 14.5. The molecule has 2 aromatic rings. The van der Waals surface area contributed by atoms with Crippen molar-refractivity contribution in [1.82, 2.24) is 5.32 Å². The van der Waals surface area contributed by atoms with E-state index >= 15 is 0 Å². The number of ether oxygens (including phenoxy) is 1. The third-order valence-corrected chi connectivity index (χ3v) is 3.75. The van der Waals surface area contributed by atoms with Crippen LogP contribution in [0.15, 0.2) is 60.3 Å². The van der Waals surface area contributed by atoms with Crippen LogP contribution in [0.2, 0.25) is 0 Å². The van der Waals surface area contributed by atoms with Crippen LogP contribution in [0.4, 0.5) is 5.69 Å². The van der Waals surface area contributed by atoms with Crippen LogP contribution >= 0.6 is 0 Å². The Morgan fingerprint density at radius 1 is 1.24 bits per heavy atom. The second-order valence-electron chi connectivity index (χ2n) is 5.63. The maximum Gasteiger partial charge on any atom is 0.267 e. The Balaban J connectivity index is 2.11. The van der Waals surface area contributed by atoms with Gasteiger partial charge in [-0.15, -0.1) is 0 Å². The predicted octanol–water partition coefficient (Wildman–Crippen LogP) is 3.70. The molecule has 5 heteroatoms. The highest BCUT2D eigenvalue weighted by Gasteiger charge is 2.13. The Morgan fingerprint density at radius 3 is 2.60 bits per heavy atom.